The Balaban J connectivity index is 1.58. The number of hydrogen-bond donors (Lipinski definition) is 1. The summed E-state index contributed by atoms with van der Waals surface area (Å²) in [5, 5.41) is 14.3. The van der Waals surface area contributed by atoms with Crippen LogP contribution in [0.5, 0.6) is 0 Å². The van der Waals surface area contributed by atoms with Crippen molar-refractivity contribution in [3.63, 3.8) is 0 Å². The fourth-order valence-electron chi connectivity index (χ4n) is 6.12. The summed E-state index contributed by atoms with van der Waals surface area (Å²) in [5.41, 5.74) is 2.89. The number of Topliss-reactive ketones (excluding diaryl/α,β-unsaturated/α-hetero) is 1. The molecule has 0 radical (unpaired) electrons. The average molecular weight is 486 g/mol. The number of aryl methyl sites for hydroxylation is 1. The molecule has 1 spiro atoms. The Bertz CT molecular complexity index is 1360. The van der Waals surface area contributed by atoms with E-state index < -0.39 is 16.4 Å². The fourth-order valence-corrected chi connectivity index (χ4v) is 7.45. The van der Waals surface area contributed by atoms with Crippen LogP contribution >= 0.6 is 11.8 Å². The minimum absolute atomic E-state index is 0.00415. The molecule has 2 fully saturated rings. The number of para-hydroxylation sites is 1. The number of thioether (sulfide) groups is 1. The van der Waals surface area contributed by atoms with Crippen LogP contribution in [0.3, 0.4) is 0 Å². The number of nitrogens with zero attached hydrogens (tertiary/aromatic N) is 2. The quantitative estimate of drug-likeness (QED) is 0.327. The standard InChI is InChI=1S/C27H23N3O4S/c1-16-6-8-18(9-7-16)25(31)24-23(17-10-12-19(13-11-17)30(33)34)22-14-35-15-29(22)27(24)20-4-2-3-5-21(20)28-26(27)32/h2-13,22-24H,14-15H2,1H3,(H,28,32)/t22-,23-,24-,27-/m1/s1. The van der Waals surface area contributed by atoms with Gasteiger partial charge in [-0.3, -0.25) is 24.6 Å². The molecule has 0 aliphatic carbocycles. The van der Waals surface area contributed by atoms with Crippen molar-refractivity contribution in [3.05, 3.63) is 105 Å². The molecule has 0 aromatic heterocycles. The lowest BCUT2D eigenvalue weighted by atomic mass is 9.69. The molecule has 35 heavy (non-hydrogen) atoms. The minimum atomic E-state index is -1.14. The van der Waals surface area contributed by atoms with Crippen molar-refractivity contribution in [2.75, 3.05) is 16.9 Å². The maximum atomic E-state index is 14.3. The molecular formula is C27H23N3O4S. The molecule has 0 saturated carbocycles. The third-order valence-electron chi connectivity index (χ3n) is 7.64. The summed E-state index contributed by atoms with van der Waals surface area (Å²) < 4.78 is 0. The predicted octanol–water partition coefficient (Wildman–Crippen LogP) is 4.72. The smallest absolute Gasteiger partial charge is 0.269 e. The highest BCUT2D eigenvalue weighted by molar-refractivity contribution is 7.99. The molecule has 4 atom stereocenters. The summed E-state index contributed by atoms with van der Waals surface area (Å²) in [4.78, 5) is 41.3. The van der Waals surface area contributed by atoms with Crippen molar-refractivity contribution < 1.29 is 14.5 Å². The fraction of sp³-hybridized carbons (Fsp3) is 0.259. The number of carbonyl (C=O) groups excluding carboxylic acids is 2. The van der Waals surface area contributed by atoms with E-state index >= 15 is 0 Å². The number of amides is 1. The Hall–Kier alpha value is -3.49. The first kappa shape index (κ1) is 22.0. The van der Waals surface area contributed by atoms with Gasteiger partial charge < -0.3 is 5.32 Å². The number of non-ortho nitro benzene ring substituents is 1. The van der Waals surface area contributed by atoms with Gasteiger partial charge in [-0.25, -0.2) is 0 Å². The number of anilines is 1. The summed E-state index contributed by atoms with van der Waals surface area (Å²) in [7, 11) is 0. The highest BCUT2D eigenvalue weighted by Crippen LogP contribution is 2.61. The minimum Gasteiger partial charge on any atom is -0.324 e. The van der Waals surface area contributed by atoms with Gasteiger partial charge >= 0.3 is 0 Å². The van der Waals surface area contributed by atoms with E-state index in [9.17, 15) is 19.7 Å². The van der Waals surface area contributed by atoms with E-state index in [1.54, 1.807) is 23.9 Å². The van der Waals surface area contributed by atoms with Gasteiger partial charge in [0.2, 0.25) is 5.91 Å². The van der Waals surface area contributed by atoms with Gasteiger partial charge in [0.15, 0.2) is 5.78 Å². The van der Waals surface area contributed by atoms with Crippen molar-refractivity contribution in [2.24, 2.45) is 5.92 Å². The first-order valence-electron chi connectivity index (χ1n) is 11.5. The Morgan fingerprint density at radius 2 is 1.80 bits per heavy atom. The Kier molecular flexibility index (Phi) is 5.05. The van der Waals surface area contributed by atoms with Crippen molar-refractivity contribution in [1.82, 2.24) is 4.90 Å². The zero-order valence-corrected chi connectivity index (χ0v) is 19.8. The van der Waals surface area contributed by atoms with Gasteiger partial charge in [0.1, 0.15) is 5.54 Å². The van der Waals surface area contributed by atoms with Gasteiger partial charge in [0.05, 0.1) is 10.8 Å². The number of benzene rings is 3. The number of nitrogens with one attached hydrogen (secondary N) is 1. The van der Waals surface area contributed by atoms with Gasteiger partial charge in [-0.1, -0.05) is 60.2 Å². The number of fused-ring (bicyclic) bond motifs is 4. The first-order valence-corrected chi connectivity index (χ1v) is 12.7. The van der Waals surface area contributed by atoms with Crippen molar-refractivity contribution in [3.8, 4) is 0 Å². The van der Waals surface area contributed by atoms with Gasteiger partial charge in [-0.2, -0.15) is 0 Å². The zero-order valence-electron chi connectivity index (χ0n) is 19.0. The molecule has 1 N–H and O–H groups in total. The lowest BCUT2D eigenvalue weighted by Gasteiger charge is -2.36. The monoisotopic (exact) mass is 485 g/mol. The zero-order chi connectivity index (χ0) is 24.3. The van der Waals surface area contributed by atoms with E-state index in [-0.39, 0.29) is 29.3 Å². The molecular weight excluding hydrogens is 462 g/mol. The molecule has 0 bridgehead atoms. The number of nitro groups is 1. The molecule has 8 heteroatoms. The summed E-state index contributed by atoms with van der Waals surface area (Å²) in [6.07, 6.45) is 0. The van der Waals surface area contributed by atoms with Crippen LogP contribution in [0.1, 0.15) is 33.0 Å². The second kappa shape index (κ2) is 8.03. The van der Waals surface area contributed by atoms with Crippen LogP contribution in [0.15, 0.2) is 72.8 Å². The Morgan fingerprint density at radius 1 is 1.09 bits per heavy atom. The highest BCUT2D eigenvalue weighted by Gasteiger charge is 2.69. The molecule has 0 unspecified atom stereocenters. The van der Waals surface area contributed by atoms with E-state index in [4.69, 9.17) is 0 Å². The number of rotatable bonds is 4. The number of carbonyl (C=O) groups is 2. The molecule has 7 nitrogen and oxygen atoms in total. The van der Waals surface area contributed by atoms with Gasteiger partial charge in [-0.15, -0.1) is 11.8 Å². The van der Waals surface area contributed by atoms with Gasteiger partial charge in [0.25, 0.3) is 5.69 Å². The topological polar surface area (TPSA) is 92.5 Å². The Morgan fingerprint density at radius 3 is 2.51 bits per heavy atom. The molecule has 1 amide bonds. The predicted molar refractivity (Wildman–Crippen MR) is 135 cm³/mol. The first-order chi connectivity index (χ1) is 16.9. The van der Waals surface area contributed by atoms with Crippen LogP contribution in [0.2, 0.25) is 0 Å². The molecule has 3 heterocycles. The lowest BCUT2D eigenvalue weighted by Crippen LogP contribution is -2.52. The number of ketones is 1. The normalized spacial score (nSPS) is 27.0. The van der Waals surface area contributed by atoms with Crippen LogP contribution < -0.4 is 5.32 Å². The molecule has 6 rings (SSSR count). The van der Waals surface area contributed by atoms with Gasteiger partial charge in [-0.05, 0) is 18.6 Å². The maximum Gasteiger partial charge on any atom is 0.269 e. The van der Waals surface area contributed by atoms with Crippen LogP contribution in [0.25, 0.3) is 0 Å². The van der Waals surface area contributed by atoms with Crippen LogP contribution in [-0.2, 0) is 10.3 Å². The molecule has 3 aromatic rings. The molecule has 176 valence electrons. The van der Waals surface area contributed by atoms with Crippen molar-refractivity contribution >= 4 is 34.8 Å². The van der Waals surface area contributed by atoms with E-state index in [1.807, 2.05) is 55.5 Å². The summed E-state index contributed by atoms with van der Waals surface area (Å²) in [6, 6.07) is 21.5. The van der Waals surface area contributed by atoms with E-state index in [2.05, 4.69) is 10.2 Å². The average Bonchev–Trinajstić information content (AvgIpc) is 3.52. The van der Waals surface area contributed by atoms with E-state index in [0.717, 1.165) is 28.1 Å². The summed E-state index contributed by atoms with van der Waals surface area (Å²) >= 11 is 1.75. The molecule has 2 saturated heterocycles. The second-order valence-electron chi connectivity index (χ2n) is 9.39. The second-order valence-corrected chi connectivity index (χ2v) is 10.4. The lowest BCUT2D eigenvalue weighted by molar-refractivity contribution is -0.384. The van der Waals surface area contributed by atoms with E-state index in [1.165, 1.54) is 12.1 Å². The summed E-state index contributed by atoms with van der Waals surface area (Å²) in [6.45, 7) is 1.97. The molecule has 3 aromatic carbocycles. The van der Waals surface area contributed by atoms with Gasteiger partial charge in [0, 0.05) is 52.5 Å². The Labute approximate surface area is 206 Å². The SMILES string of the molecule is Cc1ccc(C(=O)[C@H]2[C@H](c3ccc([N+](=O)[O-])cc3)[C@H]3CSCN3[C@@]23C(=O)Nc2ccccc23)cc1. The number of hydrogen-bond acceptors (Lipinski definition) is 6. The maximum absolute atomic E-state index is 14.3. The molecule has 3 aliphatic rings. The third kappa shape index (κ3) is 3.10. The van der Waals surface area contributed by atoms with Crippen LogP contribution in [-0.4, -0.2) is 39.2 Å². The van der Waals surface area contributed by atoms with Crippen LogP contribution in [0, 0.1) is 23.0 Å². The van der Waals surface area contributed by atoms with Crippen LogP contribution in [0.4, 0.5) is 11.4 Å². The largest absolute Gasteiger partial charge is 0.324 e. The highest BCUT2D eigenvalue weighted by atomic mass is 32.2. The van der Waals surface area contributed by atoms with Crippen molar-refractivity contribution in [2.45, 2.75) is 24.4 Å². The van der Waals surface area contributed by atoms with Crippen molar-refractivity contribution in [1.29, 1.82) is 0 Å². The number of nitro benzene ring substituents is 1. The van der Waals surface area contributed by atoms with E-state index in [0.29, 0.717) is 11.4 Å². The summed E-state index contributed by atoms with van der Waals surface area (Å²) in [5.74, 6) is 0.169. The third-order valence-corrected chi connectivity index (χ3v) is 8.67. The molecule has 3 aliphatic heterocycles.